The van der Waals surface area contributed by atoms with Crippen LogP contribution < -0.4 is 16.3 Å². The van der Waals surface area contributed by atoms with Gasteiger partial charge in [-0.25, -0.2) is 9.59 Å². The van der Waals surface area contributed by atoms with Crippen molar-refractivity contribution in [1.82, 2.24) is 19.8 Å². The van der Waals surface area contributed by atoms with Crippen molar-refractivity contribution in [2.24, 2.45) is 7.05 Å². The Bertz CT molecular complexity index is 1070. The number of fused-ring (bicyclic) bond motifs is 1. The molecule has 2 aromatic rings. The van der Waals surface area contributed by atoms with Gasteiger partial charge in [0.15, 0.2) is 0 Å². The Labute approximate surface area is 160 Å². The fraction of sp³-hybridized carbons (Fsp3) is 0.368. The van der Waals surface area contributed by atoms with Crippen LogP contribution in [0.2, 0.25) is 0 Å². The molecule has 0 bridgehead atoms. The fourth-order valence-corrected chi connectivity index (χ4v) is 3.19. The molecule has 1 aromatic carbocycles. The summed E-state index contributed by atoms with van der Waals surface area (Å²) in [6.07, 6.45) is 0.277. The van der Waals surface area contributed by atoms with Crippen molar-refractivity contribution in [1.29, 1.82) is 0 Å². The zero-order valence-electron chi connectivity index (χ0n) is 15.6. The molecule has 0 spiro atoms. The number of aromatic nitrogens is 2. The van der Waals surface area contributed by atoms with E-state index in [1.807, 2.05) is 0 Å². The van der Waals surface area contributed by atoms with Crippen LogP contribution in [-0.2, 0) is 21.4 Å². The molecular weight excluding hydrogens is 364 g/mol. The minimum atomic E-state index is -0.738. The molecular formula is C19H20N4O5. The van der Waals surface area contributed by atoms with E-state index in [0.29, 0.717) is 23.0 Å². The van der Waals surface area contributed by atoms with Crippen molar-refractivity contribution in [3.63, 3.8) is 0 Å². The Balaban J connectivity index is 1.94. The number of nitrogens with one attached hydrogen (secondary N) is 2. The zero-order valence-corrected chi connectivity index (χ0v) is 15.6. The van der Waals surface area contributed by atoms with Gasteiger partial charge in [-0.1, -0.05) is 17.9 Å². The molecule has 1 aromatic heterocycles. The van der Waals surface area contributed by atoms with E-state index in [0.717, 1.165) is 0 Å². The fourth-order valence-electron chi connectivity index (χ4n) is 3.19. The Morgan fingerprint density at radius 2 is 2.14 bits per heavy atom. The van der Waals surface area contributed by atoms with Gasteiger partial charge in [0.1, 0.15) is 12.6 Å². The number of imidazole rings is 1. The number of imide groups is 1. The number of piperidine rings is 1. The lowest BCUT2D eigenvalue weighted by atomic mass is 10.1. The number of alkyl carbamates (subject to hydrolysis) is 1. The molecule has 146 valence electrons. The number of hydrogen-bond donors (Lipinski definition) is 2. The topological polar surface area (TPSA) is 111 Å². The molecule has 2 N–H and O–H groups in total. The van der Waals surface area contributed by atoms with E-state index in [-0.39, 0.29) is 31.0 Å². The second kappa shape index (κ2) is 8.00. The first-order chi connectivity index (χ1) is 13.4. The first kappa shape index (κ1) is 19.2. The lowest BCUT2D eigenvalue weighted by molar-refractivity contribution is -0.135. The third kappa shape index (κ3) is 3.62. The summed E-state index contributed by atoms with van der Waals surface area (Å²) in [7, 11) is 3.09. The normalized spacial score (nSPS) is 16.3. The van der Waals surface area contributed by atoms with Crippen molar-refractivity contribution in [2.75, 3.05) is 13.7 Å². The molecule has 1 unspecified atom stereocenters. The van der Waals surface area contributed by atoms with Crippen molar-refractivity contribution >= 4 is 28.9 Å². The maximum Gasteiger partial charge on any atom is 0.406 e. The van der Waals surface area contributed by atoms with Gasteiger partial charge >= 0.3 is 11.8 Å². The highest BCUT2D eigenvalue weighted by Gasteiger charge is 2.31. The van der Waals surface area contributed by atoms with Crippen LogP contribution in [0.25, 0.3) is 11.0 Å². The smallest absolute Gasteiger partial charge is 0.406 e. The average Bonchev–Trinajstić information content (AvgIpc) is 2.93. The largest absolute Gasteiger partial charge is 0.449 e. The Morgan fingerprint density at radius 3 is 2.86 bits per heavy atom. The van der Waals surface area contributed by atoms with Gasteiger partial charge in [0.25, 0.3) is 0 Å². The summed E-state index contributed by atoms with van der Waals surface area (Å²) in [6.45, 7) is 0.152. The minimum absolute atomic E-state index is 0.152. The first-order valence-electron chi connectivity index (χ1n) is 8.81. The SMILES string of the molecule is CNC(=O)OCCC#Cc1cccc2c1n(C)c(=O)n2C1CCC(=O)NC1=O. The number of benzene rings is 1. The summed E-state index contributed by atoms with van der Waals surface area (Å²) in [5, 5.41) is 4.63. The van der Waals surface area contributed by atoms with Crippen LogP contribution in [0.3, 0.4) is 0 Å². The maximum atomic E-state index is 12.8. The molecule has 0 saturated carbocycles. The maximum absolute atomic E-state index is 12.8. The Hall–Kier alpha value is -3.54. The number of para-hydroxylation sites is 1. The van der Waals surface area contributed by atoms with E-state index < -0.39 is 18.0 Å². The molecule has 0 aliphatic carbocycles. The molecule has 2 heterocycles. The highest BCUT2D eigenvalue weighted by Crippen LogP contribution is 2.24. The third-order valence-electron chi connectivity index (χ3n) is 4.51. The summed E-state index contributed by atoms with van der Waals surface area (Å²) in [6, 6.07) is 4.55. The first-order valence-corrected chi connectivity index (χ1v) is 8.81. The molecule has 9 nitrogen and oxygen atoms in total. The lowest BCUT2D eigenvalue weighted by Crippen LogP contribution is -2.44. The molecule has 3 rings (SSSR count). The quantitative estimate of drug-likeness (QED) is 0.452. The monoisotopic (exact) mass is 384 g/mol. The van der Waals surface area contributed by atoms with E-state index in [9.17, 15) is 19.2 Å². The van der Waals surface area contributed by atoms with Crippen molar-refractivity contribution < 1.29 is 19.1 Å². The van der Waals surface area contributed by atoms with Gasteiger partial charge in [-0.15, -0.1) is 0 Å². The molecule has 1 aliphatic rings. The highest BCUT2D eigenvalue weighted by atomic mass is 16.5. The minimum Gasteiger partial charge on any atom is -0.449 e. The van der Waals surface area contributed by atoms with Gasteiger partial charge in [-0.2, -0.15) is 0 Å². The number of rotatable bonds is 3. The molecule has 3 amide bonds. The van der Waals surface area contributed by atoms with Gasteiger partial charge < -0.3 is 10.1 Å². The van der Waals surface area contributed by atoms with Gasteiger partial charge in [-0.05, 0) is 18.6 Å². The molecule has 1 atom stereocenters. The standard InChI is InChI=1S/C19H20N4O5/c1-20-18(26)28-11-4-3-6-12-7-5-8-13-16(12)22(2)19(27)23(13)14-9-10-15(24)21-17(14)25/h5,7-8,14H,4,9-11H2,1-2H3,(H,20,26)(H,21,24,25). The number of carbonyl (C=O) groups excluding carboxylic acids is 3. The highest BCUT2D eigenvalue weighted by molar-refractivity contribution is 6.00. The van der Waals surface area contributed by atoms with E-state index in [1.165, 1.54) is 16.2 Å². The second-order valence-electron chi connectivity index (χ2n) is 6.29. The van der Waals surface area contributed by atoms with Crippen molar-refractivity contribution in [3.8, 4) is 11.8 Å². The number of amides is 3. The van der Waals surface area contributed by atoms with E-state index in [2.05, 4.69) is 22.5 Å². The number of aryl methyl sites for hydroxylation is 1. The number of hydrogen-bond acceptors (Lipinski definition) is 5. The van der Waals surface area contributed by atoms with E-state index in [1.54, 1.807) is 25.2 Å². The molecule has 9 heteroatoms. The van der Waals surface area contributed by atoms with Crippen LogP contribution >= 0.6 is 0 Å². The molecule has 1 saturated heterocycles. The van der Waals surface area contributed by atoms with Gasteiger partial charge in [0, 0.05) is 26.9 Å². The summed E-state index contributed by atoms with van der Waals surface area (Å²) < 4.78 is 7.74. The van der Waals surface area contributed by atoms with Crippen molar-refractivity contribution in [2.45, 2.75) is 25.3 Å². The second-order valence-corrected chi connectivity index (χ2v) is 6.29. The summed E-state index contributed by atoms with van der Waals surface area (Å²) >= 11 is 0. The van der Waals surface area contributed by atoms with E-state index in [4.69, 9.17) is 4.74 Å². The van der Waals surface area contributed by atoms with Gasteiger partial charge in [0.05, 0.1) is 16.6 Å². The zero-order chi connectivity index (χ0) is 20.3. The lowest BCUT2D eigenvalue weighted by Gasteiger charge is -2.21. The molecule has 1 aliphatic heterocycles. The molecule has 28 heavy (non-hydrogen) atoms. The third-order valence-corrected chi connectivity index (χ3v) is 4.51. The van der Waals surface area contributed by atoms with E-state index >= 15 is 0 Å². The Morgan fingerprint density at radius 1 is 1.36 bits per heavy atom. The number of carbonyl (C=O) groups is 3. The average molecular weight is 384 g/mol. The molecule has 1 fully saturated rings. The summed E-state index contributed by atoms with van der Waals surface area (Å²) in [5.41, 5.74) is 1.47. The van der Waals surface area contributed by atoms with Crippen LogP contribution in [-0.4, -0.2) is 40.7 Å². The van der Waals surface area contributed by atoms with Crippen molar-refractivity contribution in [3.05, 3.63) is 34.2 Å². The Kier molecular flexibility index (Phi) is 5.49. The van der Waals surface area contributed by atoms with Crippen LogP contribution in [0.15, 0.2) is 23.0 Å². The van der Waals surface area contributed by atoms with Gasteiger partial charge in [0.2, 0.25) is 11.8 Å². The number of ether oxygens (including phenoxy) is 1. The molecule has 0 radical (unpaired) electrons. The number of nitrogens with zero attached hydrogens (tertiary/aromatic N) is 2. The summed E-state index contributed by atoms with van der Waals surface area (Å²) in [5.74, 6) is 5.10. The van der Waals surface area contributed by atoms with Crippen LogP contribution in [0.1, 0.15) is 30.9 Å². The summed E-state index contributed by atoms with van der Waals surface area (Å²) in [4.78, 5) is 47.5. The van der Waals surface area contributed by atoms with Crippen LogP contribution in [0.5, 0.6) is 0 Å². The van der Waals surface area contributed by atoms with Crippen LogP contribution in [0, 0.1) is 11.8 Å². The predicted molar refractivity (Wildman–Crippen MR) is 101 cm³/mol. The van der Waals surface area contributed by atoms with Gasteiger partial charge in [-0.3, -0.25) is 24.0 Å². The van der Waals surface area contributed by atoms with Crippen LogP contribution in [0.4, 0.5) is 4.79 Å². The predicted octanol–water partition coefficient (Wildman–Crippen LogP) is 0.415.